The van der Waals surface area contributed by atoms with Gasteiger partial charge in [0.05, 0.1) is 6.10 Å². The van der Waals surface area contributed by atoms with Gasteiger partial charge in [-0.2, -0.15) is 0 Å². The summed E-state index contributed by atoms with van der Waals surface area (Å²) in [7, 11) is 0. The van der Waals surface area contributed by atoms with Crippen molar-refractivity contribution in [3.8, 4) is 0 Å². The van der Waals surface area contributed by atoms with Gasteiger partial charge in [-0.3, -0.25) is 0 Å². The number of aliphatic hydroxyl groups is 1. The maximum Gasteiger partial charge on any atom is 0.128 e. The van der Waals surface area contributed by atoms with E-state index < -0.39 is 6.10 Å². The van der Waals surface area contributed by atoms with Gasteiger partial charge in [0.15, 0.2) is 0 Å². The standard InChI is InChI=1S/C16H24N2O/c1-12(19)14-6-8-17-16(10-14)18-9-7-13-4-2-3-5-15(13)11-18/h6,8,10,12-13,15,19H,2-5,7,9,11H2,1H3/t12-,13?,15?/m1/s1. The Morgan fingerprint density at radius 3 is 2.84 bits per heavy atom. The minimum atomic E-state index is -0.408. The lowest BCUT2D eigenvalue weighted by molar-refractivity contribution is 0.198. The van der Waals surface area contributed by atoms with E-state index in [1.807, 2.05) is 25.3 Å². The van der Waals surface area contributed by atoms with Crippen LogP contribution in [0.15, 0.2) is 18.3 Å². The molecule has 2 aliphatic rings. The molecular weight excluding hydrogens is 236 g/mol. The van der Waals surface area contributed by atoms with Gasteiger partial charge in [-0.25, -0.2) is 4.98 Å². The van der Waals surface area contributed by atoms with Crippen LogP contribution in [-0.2, 0) is 0 Å². The van der Waals surface area contributed by atoms with E-state index in [0.717, 1.165) is 36.3 Å². The van der Waals surface area contributed by atoms with Crippen molar-refractivity contribution >= 4 is 5.82 Å². The maximum atomic E-state index is 9.69. The van der Waals surface area contributed by atoms with Gasteiger partial charge < -0.3 is 10.0 Å². The number of pyridine rings is 1. The molecule has 1 N–H and O–H groups in total. The molecule has 104 valence electrons. The van der Waals surface area contributed by atoms with E-state index in [4.69, 9.17) is 0 Å². The van der Waals surface area contributed by atoms with Crippen molar-refractivity contribution in [3.63, 3.8) is 0 Å². The summed E-state index contributed by atoms with van der Waals surface area (Å²) in [4.78, 5) is 6.91. The van der Waals surface area contributed by atoms with Crippen molar-refractivity contribution in [1.29, 1.82) is 0 Å². The molecule has 1 saturated heterocycles. The van der Waals surface area contributed by atoms with E-state index in [0.29, 0.717) is 0 Å². The third kappa shape index (κ3) is 2.76. The maximum absolute atomic E-state index is 9.69. The highest BCUT2D eigenvalue weighted by Gasteiger charge is 2.31. The molecule has 3 rings (SSSR count). The molecule has 3 atom stereocenters. The van der Waals surface area contributed by atoms with Gasteiger partial charge in [0.25, 0.3) is 0 Å². The summed E-state index contributed by atoms with van der Waals surface area (Å²) >= 11 is 0. The molecule has 0 spiro atoms. The number of hydrogen-bond acceptors (Lipinski definition) is 3. The van der Waals surface area contributed by atoms with Crippen LogP contribution >= 0.6 is 0 Å². The lowest BCUT2D eigenvalue weighted by Crippen LogP contribution is -2.42. The smallest absolute Gasteiger partial charge is 0.128 e. The molecule has 1 saturated carbocycles. The van der Waals surface area contributed by atoms with Gasteiger partial charge in [-0.05, 0) is 49.3 Å². The molecule has 1 aromatic heterocycles. The minimum absolute atomic E-state index is 0.408. The summed E-state index contributed by atoms with van der Waals surface area (Å²) in [5, 5.41) is 9.69. The average Bonchev–Trinajstić information content (AvgIpc) is 2.47. The molecule has 0 amide bonds. The van der Waals surface area contributed by atoms with Crippen molar-refractivity contribution in [2.45, 2.75) is 45.1 Å². The largest absolute Gasteiger partial charge is 0.389 e. The summed E-state index contributed by atoms with van der Waals surface area (Å²) in [5.74, 6) is 2.85. The first kappa shape index (κ1) is 12.9. The zero-order valence-electron chi connectivity index (χ0n) is 11.8. The molecule has 3 heteroatoms. The Hall–Kier alpha value is -1.09. The highest BCUT2D eigenvalue weighted by atomic mass is 16.3. The first-order valence-electron chi connectivity index (χ1n) is 7.63. The predicted molar refractivity (Wildman–Crippen MR) is 77.1 cm³/mol. The summed E-state index contributed by atoms with van der Waals surface area (Å²) in [6.45, 7) is 4.09. The second-order valence-corrected chi connectivity index (χ2v) is 6.16. The van der Waals surface area contributed by atoms with Crippen molar-refractivity contribution in [2.75, 3.05) is 18.0 Å². The van der Waals surface area contributed by atoms with Crippen molar-refractivity contribution in [2.24, 2.45) is 11.8 Å². The molecule has 2 heterocycles. The Labute approximate surface area is 115 Å². The summed E-state index contributed by atoms with van der Waals surface area (Å²) in [6.07, 6.45) is 8.37. The minimum Gasteiger partial charge on any atom is -0.389 e. The Bertz CT molecular complexity index is 433. The van der Waals surface area contributed by atoms with Crippen molar-refractivity contribution in [3.05, 3.63) is 23.9 Å². The predicted octanol–water partition coefficient (Wildman–Crippen LogP) is 3.15. The van der Waals surface area contributed by atoms with Crippen LogP contribution in [0, 0.1) is 11.8 Å². The first-order valence-corrected chi connectivity index (χ1v) is 7.63. The lowest BCUT2D eigenvalue weighted by atomic mass is 9.75. The molecule has 0 radical (unpaired) electrons. The van der Waals surface area contributed by atoms with Gasteiger partial charge in [0, 0.05) is 19.3 Å². The van der Waals surface area contributed by atoms with Gasteiger partial charge >= 0.3 is 0 Å². The van der Waals surface area contributed by atoms with Crippen molar-refractivity contribution in [1.82, 2.24) is 4.98 Å². The van der Waals surface area contributed by atoms with Gasteiger partial charge in [-0.1, -0.05) is 19.3 Å². The van der Waals surface area contributed by atoms with Crippen LogP contribution in [0.2, 0.25) is 0 Å². The van der Waals surface area contributed by atoms with E-state index in [-0.39, 0.29) is 0 Å². The number of nitrogens with zero attached hydrogens (tertiary/aromatic N) is 2. The average molecular weight is 260 g/mol. The fourth-order valence-electron chi connectivity index (χ4n) is 3.68. The van der Waals surface area contributed by atoms with Gasteiger partial charge in [-0.15, -0.1) is 0 Å². The van der Waals surface area contributed by atoms with Crippen molar-refractivity contribution < 1.29 is 5.11 Å². The fraction of sp³-hybridized carbons (Fsp3) is 0.688. The molecule has 1 aliphatic heterocycles. The highest BCUT2D eigenvalue weighted by molar-refractivity contribution is 5.42. The van der Waals surface area contributed by atoms with E-state index in [1.165, 1.54) is 32.1 Å². The number of aliphatic hydroxyl groups excluding tert-OH is 1. The number of anilines is 1. The Kier molecular flexibility index (Phi) is 3.74. The van der Waals surface area contributed by atoms with Crippen LogP contribution in [0.4, 0.5) is 5.82 Å². The third-order valence-corrected chi connectivity index (χ3v) is 4.87. The van der Waals surface area contributed by atoms with Crippen LogP contribution in [0.3, 0.4) is 0 Å². The van der Waals surface area contributed by atoms with Crippen LogP contribution in [0.1, 0.15) is 50.7 Å². The number of fused-ring (bicyclic) bond motifs is 1. The van der Waals surface area contributed by atoms with E-state index in [2.05, 4.69) is 9.88 Å². The monoisotopic (exact) mass is 260 g/mol. The van der Waals surface area contributed by atoms with E-state index in [9.17, 15) is 5.11 Å². The Balaban J connectivity index is 1.74. The topological polar surface area (TPSA) is 36.4 Å². The Morgan fingerprint density at radius 1 is 1.26 bits per heavy atom. The van der Waals surface area contributed by atoms with Crippen LogP contribution in [0.5, 0.6) is 0 Å². The zero-order valence-corrected chi connectivity index (χ0v) is 11.8. The second kappa shape index (κ2) is 5.49. The quantitative estimate of drug-likeness (QED) is 0.887. The summed E-state index contributed by atoms with van der Waals surface area (Å²) < 4.78 is 0. The van der Waals surface area contributed by atoms with E-state index >= 15 is 0 Å². The number of rotatable bonds is 2. The molecule has 0 aromatic carbocycles. The lowest BCUT2D eigenvalue weighted by Gasteiger charge is -2.41. The van der Waals surface area contributed by atoms with E-state index in [1.54, 1.807) is 0 Å². The molecule has 1 aromatic rings. The molecule has 2 unspecified atom stereocenters. The van der Waals surface area contributed by atoms with Crippen LogP contribution in [0.25, 0.3) is 0 Å². The molecule has 0 bridgehead atoms. The molecular formula is C16H24N2O. The fourth-order valence-corrected chi connectivity index (χ4v) is 3.68. The highest BCUT2D eigenvalue weighted by Crippen LogP contribution is 2.37. The molecule has 2 fully saturated rings. The van der Waals surface area contributed by atoms with Gasteiger partial charge in [0.1, 0.15) is 5.82 Å². The first-order chi connectivity index (χ1) is 9.24. The molecule has 19 heavy (non-hydrogen) atoms. The molecule has 3 nitrogen and oxygen atoms in total. The number of aromatic nitrogens is 1. The number of hydrogen-bond donors (Lipinski definition) is 1. The third-order valence-electron chi connectivity index (χ3n) is 4.87. The van der Waals surface area contributed by atoms with Crippen LogP contribution in [-0.4, -0.2) is 23.2 Å². The summed E-state index contributed by atoms with van der Waals surface area (Å²) in [6, 6.07) is 3.95. The van der Waals surface area contributed by atoms with Crippen LogP contribution < -0.4 is 4.90 Å². The Morgan fingerprint density at radius 2 is 2.05 bits per heavy atom. The molecule has 1 aliphatic carbocycles. The zero-order chi connectivity index (χ0) is 13.2. The van der Waals surface area contributed by atoms with Gasteiger partial charge in [0.2, 0.25) is 0 Å². The SMILES string of the molecule is C[C@@H](O)c1ccnc(N2CCC3CCCCC3C2)c1. The summed E-state index contributed by atoms with van der Waals surface area (Å²) in [5.41, 5.74) is 0.968. The normalized spacial score (nSPS) is 28.8. The number of piperidine rings is 1. The second-order valence-electron chi connectivity index (χ2n) is 6.16.